The Balaban J connectivity index is 2.69. The van der Waals surface area contributed by atoms with Crippen LogP contribution in [0.5, 0.6) is 0 Å². The molecule has 0 saturated heterocycles. The third-order valence-corrected chi connectivity index (χ3v) is 2.86. The first-order valence-electron chi connectivity index (χ1n) is 4.68. The highest BCUT2D eigenvalue weighted by molar-refractivity contribution is 6.30. The predicted octanol–water partition coefficient (Wildman–Crippen LogP) is 3.79. The normalized spacial score (nSPS) is 10.7. The van der Waals surface area contributed by atoms with E-state index in [1.165, 1.54) is 6.07 Å². The molecule has 3 heteroatoms. The second kappa shape index (κ2) is 3.70. The molecule has 0 aliphatic rings. The van der Waals surface area contributed by atoms with Crippen LogP contribution in [0.25, 0.3) is 11.3 Å². The van der Waals surface area contributed by atoms with Crippen LogP contribution < -0.4 is 0 Å². The zero-order chi connectivity index (χ0) is 11.0. The molecule has 0 N–H and O–H groups in total. The van der Waals surface area contributed by atoms with E-state index in [0.717, 1.165) is 11.3 Å². The highest BCUT2D eigenvalue weighted by Crippen LogP contribution is 2.29. The average molecular weight is 224 g/mol. The summed E-state index contributed by atoms with van der Waals surface area (Å²) in [6, 6.07) is 8.55. The fourth-order valence-corrected chi connectivity index (χ4v) is 2.01. The fraction of sp³-hybridized carbons (Fsp3) is 0.167. The number of aromatic nitrogens is 1. The van der Waals surface area contributed by atoms with Crippen LogP contribution in [-0.4, -0.2) is 4.57 Å². The first-order valence-corrected chi connectivity index (χ1v) is 5.06. The van der Waals surface area contributed by atoms with Gasteiger partial charge in [-0.05, 0) is 30.7 Å². The Labute approximate surface area is 93.1 Å². The van der Waals surface area contributed by atoms with Gasteiger partial charge in [0.1, 0.15) is 11.0 Å². The lowest BCUT2D eigenvalue weighted by atomic mass is 10.1. The van der Waals surface area contributed by atoms with Gasteiger partial charge in [0.2, 0.25) is 0 Å². The van der Waals surface area contributed by atoms with E-state index in [2.05, 4.69) is 0 Å². The molecule has 1 aromatic heterocycles. The van der Waals surface area contributed by atoms with Crippen LogP contribution in [0.1, 0.15) is 5.56 Å². The summed E-state index contributed by atoms with van der Waals surface area (Å²) < 4.78 is 15.4. The molecule has 0 bridgehead atoms. The third kappa shape index (κ3) is 1.65. The lowest BCUT2D eigenvalue weighted by Crippen LogP contribution is -1.94. The van der Waals surface area contributed by atoms with E-state index >= 15 is 0 Å². The molecule has 0 aliphatic carbocycles. The van der Waals surface area contributed by atoms with E-state index in [1.807, 2.05) is 26.1 Å². The van der Waals surface area contributed by atoms with Gasteiger partial charge >= 0.3 is 0 Å². The Kier molecular flexibility index (Phi) is 2.53. The summed E-state index contributed by atoms with van der Waals surface area (Å²) in [7, 11) is 1.83. The van der Waals surface area contributed by atoms with E-state index in [0.29, 0.717) is 10.7 Å². The van der Waals surface area contributed by atoms with Crippen molar-refractivity contribution in [1.82, 2.24) is 4.57 Å². The topological polar surface area (TPSA) is 4.93 Å². The van der Waals surface area contributed by atoms with Crippen molar-refractivity contribution in [1.29, 1.82) is 0 Å². The maximum absolute atomic E-state index is 13.6. The maximum atomic E-state index is 13.6. The van der Waals surface area contributed by atoms with Gasteiger partial charge in [0, 0.05) is 12.6 Å². The van der Waals surface area contributed by atoms with Gasteiger partial charge in [0.25, 0.3) is 0 Å². The Morgan fingerprint density at radius 3 is 2.47 bits per heavy atom. The zero-order valence-corrected chi connectivity index (χ0v) is 9.35. The number of nitrogens with zero attached hydrogens (tertiary/aromatic N) is 1. The molecule has 78 valence electrons. The fourth-order valence-electron chi connectivity index (χ4n) is 1.76. The van der Waals surface area contributed by atoms with Crippen LogP contribution in [0.2, 0.25) is 5.15 Å². The van der Waals surface area contributed by atoms with Gasteiger partial charge in [0.15, 0.2) is 0 Å². The smallest absolute Gasteiger partial charge is 0.132 e. The molecule has 0 saturated carbocycles. The summed E-state index contributed by atoms with van der Waals surface area (Å²) in [5.74, 6) is -0.224. The second-order valence-electron chi connectivity index (χ2n) is 3.54. The summed E-state index contributed by atoms with van der Waals surface area (Å²) in [5.41, 5.74) is 2.40. The molecule has 15 heavy (non-hydrogen) atoms. The first-order chi connectivity index (χ1) is 7.11. The molecule has 0 amide bonds. The lowest BCUT2D eigenvalue weighted by molar-refractivity contribution is 0.629. The molecule has 0 radical (unpaired) electrons. The maximum Gasteiger partial charge on any atom is 0.132 e. The van der Waals surface area contributed by atoms with Crippen molar-refractivity contribution in [2.45, 2.75) is 6.92 Å². The first kappa shape index (κ1) is 10.2. The van der Waals surface area contributed by atoms with E-state index in [-0.39, 0.29) is 5.82 Å². The predicted molar refractivity (Wildman–Crippen MR) is 60.6 cm³/mol. The van der Waals surface area contributed by atoms with Crippen LogP contribution in [0.15, 0.2) is 30.3 Å². The van der Waals surface area contributed by atoms with Gasteiger partial charge in [-0.15, -0.1) is 0 Å². The van der Waals surface area contributed by atoms with Gasteiger partial charge in [0.05, 0.1) is 5.69 Å². The van der Waals surface area contributed by atoms with Crippen LogP contribution in [-0.2, 0) is 7.05 Å². The van der Waals surface area contributed by atoms with E-state index in [9.17, 15) is 4.39 Å². The van der Waals surface area contributed by atoms with Crippen molar-refractivity contribution < 1.29 is 4.39 Å². The SMILES string of the molecule is Cc1cc(Cl)n(C)c1-c1ccccc1F. The summed E-state index contributed by atoms with van der Waals surface area (Å²) in [6.45, 7) is 1.92. The summed E-state index contributed by atoms with van der Waals surface area (Å²) in [5, 5.41) is 0.616. The van der Waals surface area contributed by atoms with Gasteiger partial charge < -0.3 is 4.57 Å². The summed E-state index contributed by atoms with van der Waals surface area (Å²) in [6.07, 6.45) is 0. The van der Waals surface area contributed by atoms with Crippen molar-refractivity contribution in [2.75, 3.05) is 0 Å². The number of benzene rings is 1. The number of rotatable bonds is 1. The summed E-state index contributed by atoms with van der Waals surface area (Å²) >= 11 is 5.98. The third-order valence-electron chi connectivity index (χ3n) is 2.49. The monoisotopic (exact) mass is 223 g/mol. The lowest BCUT2D eigenvalue weighted by Gasteiger charge is -2.07. The number of halogens is 2. The Morgan fingerprint density at radius 1 is 1.27 bits per heavy atom. The van der Waals surface area contributed by atoms with Gasteiger partial charge in [-0.25, -0.2) is 4.39 Å². The Bertz CT molecular complexity index is 502. The quantitative estimate of drug-likeness (QED) is 0.693. The minimum Gasteiger partial charge on any atom is -0.334 e. The number of aryl methyl sites for hydroxylation is 1. The molecular weight excluding hydrogens is 213 g/mol. The molecule has 1 heterocycles. The second-order valence-corrected chi connectivity index (χ2v) is 3.92. The van der Waals surface area contributed by atoms with Crippen molar-refractivity contribution in [3.63, 3.8) is 0 Å². The molecule has 0 unspecified atom stereocenters. The number of hydrogen-bond acceptors (Lipinski definition) is 0. The standard InChI is InChI=1S/C12H11ClFN/c1-8-7-11(13)15(2)12(8)9-5-3-4-6-10(9)14/h3-7H,1-2H3. The molecule has 2 rings (SSSR count). The van der Waals surface area contributed by atoms with Crippen LogP contribution in [0.3, 0.4) is 0 Å². The zero-order valence-electron chi connectivity index (χ0n) is 8.59. The van der Waals surface area contributed by atoms with Gasteiger partial charge in [-0.2, -0.15) is 0 Å². The van der Waals surface area contributed by atoms with Crippen LogP contribution in [0, 0.1) is 12.7 Å². The van der Waals surface area contributed by atoms with Crippen molar-refractivity contribution in [3.05, 3.63) is 46.9 Å². The van der Waals surface area contributed by atoms with Crippen molar-refractivity contribution >= 4 is 11.6 Å². The summed E-state index contributed by atoms with van der Waals surface area (Å²) in [4.78, 5) is 0. The molecule has 1 nitrogen and oxygen atoms in total. The molecular formula is C12H11ClFN. The Morgan fingerprint density at radius 2 is 1.93 bits per heavy atom. The molecule has 0 atom stereocenters. The van der Waals surface area contributed by atoms with E-state index in [1.54, 1.807) is 16.7 Å². The van der Waals surface area contributed by atoms with Crippen LogP contribution >= 0.6 is 11.6 Å². The minimum atomic E-state index is -0.224. The van der Waals surface area contributed by atoms with Gasteiger partial charge in [-0.3, -0.25) is 0 Å². The van der Waals surface area contributed by atoms with Crippen molar-refractivity contribution in [3.8, 4) is 11.3 Å². The molecule has 1 aromatic carbocycles. The highest BCUT2D eigenvalue weighted by Gasteiger charge is 2.13. The molecule has 0 aliphatic heterocycles. The van der Waals surface area contributed by atoms with E-state index < -0.39 is 0 Å². The van der Waals surface area contributed by atoms with Gasteiger partial charge in [-0.1, -0.05) is 23.7 Å². The molecule has 0 spiro atoms. The molecule has 2 aromatic rings. The molecule has 0 fully saturated rings. The van der Waals surface area contributed by atoms with E-state index in [4.69, 9.17) is 11.6 Å². The van der Waals surface area contributed by atoms with Crippen molar-refractivity contribution in [2.24, 2.45) is 7.05 Å². The average Bonchev–Trinajstić information content (AvgIpc) is 2.43. The largest absolute Gasteiger partial charge is 0.334 e. The minimum absolute atomic E-state index is 0.224. The number of hydrogen-bond donors (Lipinski definition) is 0. The highest BCUT2D eigenvalue weighted by atomic mass is 35.5. The van der Waals surface area contributed by atoms with Crippen LogP contribution in [0.4, 0.5) is 4.39 Å². The Hall–Kier alpha value is -1.28.